The lowest BCUT2D eigenvalue weighted by atomic mass is 10.3. The largest absolute Gasteiger partial charge is 0.404 e. The van der Waals surface area contributed by atoms with Crippen LogP contribution in [-0.4, -0.2) is 24.7 Å². The summed E-state index contributed by atoms with van der Waals surface area (Å²) >= 11 is 0. The minimum absolute atomic E-state index is 0.245. The molecule has 0 bridgehead atoms. The number of hydrogen-bond donors (Lipinski definition) is 2. The second kappa shape index (κ2) is 5.61. The van der Waals surface area contributed by atoms with Gasteiger partial charge in [0.1, 0.15) is 12.2 Å². The molecule has 0 atom stereocenters. The highest BCUT2D eigenvalue weighted by molar-refractivity contribution is 5.48. The number of nitrogen functional groups attached to an aromatic ring is 1. The van der Waals surface area contributed by atoms with Crippen molar-refractivity contribution < 1.29 is 4.74 Å². The van der Waals surface area contributed by atoms with Crippen LogP contribution in [0.2, 0.25) is 0 Å². The second-order valence-corrected chi connectivity index (χ2v) is 4.12. The first kappa shape index (κ1) is 13.2. The minimum atomic E-state index is 0.245. The molecule has 0 aliphatic rings. The Labute approximate surface area is 111 Å². The van der Waals surface area contributed by atoms with Crippen LogP contribution in [-0.2, 0) is 13.5 Å². The molecule has 0 aliphatic heterocycles. The Hall–Kier alpha value is -2.22. The van der Waals surface area contributed by atoms with Crippen LogP contribution in [0.4, 0.5) is 5.82 Å². The fourth-order valence-electron chi connectivity index (χ4n) is 1.57. The lowest BCUT2D eigenvalue weighted by molar-refractivity contribution is 0.416. The van der Waals surface area contributed by atoms with Crippen molar-refractivity contribution in [3.63, 3.8) is 0 Å². The number of hydrogen-bond acceptors (Lipinski definition) is 7. The highest BCUT2D eigenvalue weighted by atomic mass is 16.5. The number of rotatable bonds is 5. The second-order valence-electron chi connectivity index (χ2n) is 4.12. The summed E-state index contributed by atoms with van der Waals surface area (Å²) in [5.41, 5.74) is 3.27. The maximum absolute atomic E-state index is 5.57. The van der Waals surface area contributed by atoms with Gasteiger partial charge in [0, 0.05) is 13.5 Å². The number of ether oxygens (including phenoxy) is 1. The normalized spacial score (nSPS) is 10.5. The molecule has 8 heteroatoms. The lowest BCUT2D eigenvalue weighted by Crippen LogP contribution is -2.13. The fourth-order valence-corrected chi connectivity index (χ4v) is 1.57. The van der Waals surface area contributed by atoms with Crippen molar-refractivity contribution in [1.82, 2.24) is 24.7 Å². The third-order valence-electron chi connectivity index (χ3n) is 2.52. The van der Waals surface area contributed by atoms with Crippen LogP contribution in [0, 0.1) is 6.92 Å². The molecule has 0 amide bonds. The molecule has 0 fully saturated rings. The first-order valence-corrected chi connectivity index (χ1v) is 6.01. The minimum Gasteiger partial charge on any atom is -0.404 e. The first-order chi connectivity index (χ1) is 9.13. The summed E-state index contributed by atoms with van der Waals surface area (Å²) in [6.45, 7) is 3.88. The zero-order valence-corrected chi connectivity index (χ0v) is 11.2. The van der Waals surface area contributed by atoms with E-state index in [9.17, 15) is 0 Å². The highest BCUT2D eigenvalue weighted by Gasteiger charge is 2.13. The Balaban J connectivity index is 2.34. The standard InChI is InChI=1S/C11H17N7O/c1-4-5-8-14-9(16-12)7(2)10(15-8)19-11-13-6-18(3)17-11/h6H,4-5,12H2,1-3H3,(H,14,15,16). The third-order valence-corrected chi connectivity index (χ3v) is 2.52. The van der Waals surface area contributed by atoms with Gasteiger partial charge in [-0.15, -0.1) is 5.10 Å². The number of nitrogens with one attached hydrogen (secondary N) is 1. The van der Waals surface area contributed by atoms with Crippen molar-refractivity contribution in [2.45, 2.75) is 26.7 Å². The van der Waals surface area contributed by atoms with E-state index < -0.39 is 0 Å². The van der Waals surface area contributed by atoms with Crippen LogP contribution >= 0.6 is 0 Å². The Kier molecular flexibility index (Phi) is 3.91. The van der Waals surface area contributed by atoms with E-state index in [2.05, 4.69) is 32.4 Å². The Morgan fingerprint density at radius 1 is 1.42 bits per heavy atom. The van der Waals surface area contributed by atoms with Crippen molar-refractivity contribution in [3.8, 4) is 11.9 Å². The molecule has 0 saturated heterocycles. The smallest absolute Gasteiger partial charge is 0.342 e. The van der Waals surface area contributed by atoms with Gasteiger partial charge in [0.15, 0.2) is 5.82 Å². The molecule has 0 radical (unpaired) electrons. The van der Waals surface area contributed by atoms with Crippen molar-refractivity contribution in [2.75, 3.05) is 5.43 Å². The van der Waals surface area contributed by atoms with E-state index in [4.69, 9.17) is 10.6 Å². The molecule has 0 aliphatic carbocycles. The van der Waals surface area contributed by atoms with Crippen molar-refractivity contribution in [2.24, 2.45) is 12.9 Å². The predicted octanol–water partition coefficient (Wildman–Crippen LogP) is 0.944. The van der Waals surface area contributed by atoms with Gasteiger partial charge in [0.2, 0.25) is 5.88 Å². The zero-order chi connectivity index (χ0) is 13.8. The molecule has 0 saturated carbocycles. The molecule has 3 N–H and O–H groups in total. The van der Waals surface area contributed by atoms with E-state index in [0.717, 1.165) is 18.4 Å². The van der Waals surface area contributed by atoms with Gasteiger partial charge in [0.05, 0.1) is 5.56 Å². The van der Waals surface area contributed by atoms with E-state index >= 15 is 0 Å². The summed E-state index contributed by atoms with van der Waals surface area (Å²) in [4.78, 5) is 12.7. The summed E-state index contributed by atoms with van der Waals surface area (Å²) in [6, 6.07) is 0.245. The monoisotopic (exact) mass is 263 g/mol. The van der Waals surface area contributed by atoms with Gasteiger partial charge >= 0.3 is 6.01 Å². The predicted molar refractivity (Wildman–Crippen MR) is 69.7 cm³/mol. The van der Waals surface area contributed by atoms with Crippen LogP contribution in [0.5, 0.6) is 11.9 Å². The van der Waals surface area contributed by atoms with Gasteiger partial charge in [-0.05, 0) is 13.3 Å². The summed E-state index contributed by atoms with van der Waals surface area (Å²) in [5, 5.41) is 4.05. The van der Waals surface area contributed by atoms with E-state index in [-0.39, 0.29) is 6.01 Å². The van der Waals surface area contributed by atoms with Crippen LogP contribution < -0.4 is 16.0 Å². The van der Waals surface area contributed by atoms with Gasteiger partial charge in [0.25, 0.3) is 0 Å². The number of aryl methyl sites for hydroxylation is 2. The van der Waals surface area contributed by atoms with Crippen LogP contribution in [0.3, 0.4) is 0 Å². The molecule has 8 nitrogen and oxygen atoms in total. The number of anilines is 1. The van der Waals surface area contributed by atoms with Crippen molar-refractivity contribution in [3.05, 3.63) is 17.7 Å². The molecule has 19 heavy (non-hydrogen) atoms. The highest BCUT2D eigenvalue weighted by Crippen LogP contribution is 2.24. The first-order valence-electron chi connectivity index (χ1n) is 6.01. The number of nitrogens with zero attached hydrogens (tertiary/aromatic N) is 5. The average Bonchev–Trinajstić information content (AvgIpc) is 2.79. The topological polar surface area (TPSA) is 104 Å². The molecular weight excluding hydrogens is 246 g/mol. The summed E-state index contributed by atoms with van der Waals surface area (Å²) in [7, 11) is 1.77. The van der Waals surface area contributed by atoms with Crippen LogP contribution in [0.25, 0.3) is 0 Å². The molecule has 0 unspecified atom stereocenters. The van der Waals surface area contributed by atoms with E-state index in [0.29, 0.717) is 17.5 Å². The Bertz CT molecular complexity index is 566. The molecule has 102 valence electrons. The summed E-state index contributed by atoms with van der Waals surface area (Å²) in [6.07, 6.45) is 3.25. The van der Waals surface area contributed by atoms with Gasteiger partial charge in [-0.3, -0.25) is 4.68 Å². The van der Waals surface area contributed by atoms with Crippen molar-refractivity contribution in [1.29, 1.82) is 0 Å². The average molecular weight is 263 g/mol. The van der Waals surface area contributed by atoms with E-state index in [1.807, 2.05) is 6.92 Å². The third kappa shape index (κ3) is 2.97. The zero-order valence-electron chi connectivity index (χ0n) is 11.2. The van der Waals surface area contributed by atoms with Crippen molar-refractivity contribution >= 4 is 5.82 Å². The molecule has 0 aromatic carbocycles. The van der Waals surface area contributed by atoms with Gasteiger partial charge < -0.3 is 10.2 Å². The molecule has 2 rings (SSSR count). The van der Waals surface area contributed by atoms with Gasteiger partial charge in [-0.25, -0.2) is 10.8 Å². The SMILES string of the molecule is CCCc1nc(NN)c(C)c(Oc2ncn(C)n2)n1. The van der Waals surface area contributed by atoms with Crippen LogP contribution in [0.1, 0.15) is 24.7 Å². The molecule has 2 aromatic heterocycles. The number of hydrazine groups is 1. The Morgan fingerprint density at radius 2 is 2.21 bits per heavy atom. The molecule has 0 spiro atoms. The van der Waals surface area contributed by atoms with E-state index in [1.165, 1.54) is 0 Å². The quantitative estimate of drug-likeness (QED) is 0.611. The maximum atomic E-state index is 5.57. The Morgan fingerprint density at radius 3 is 2.79 bits per heavy atom. The summed E-state index contributed by atoms with van der Waals surface area (Å²) < 4.78 is 7.13. The number of aromatic nitrogens is 5. The molecular formula is C11H17N7O. The maximum Gasteiger partial charge on any atom is 0.342 e. The lowest BCUT2D eigenvalue weighted by Gasteiger charge is -2.10. The van der Waals surface area contributed by atoms with Gasteiger partial charge in [-0.2, -0.15) is 9.97 Å². The van der Waals surface area contributed by atoms with Crippen LogP contribution in [0.15, 0.2) is 6.33 Å². The summed E-state index contributed by atoms with van der Waals surface area (Å²) in [5.74, 6) is 7.08. The number of nitrogens with two attached hydrogens (primary N) is 1. The molecule has 2 heterocycles. The molecule has 2 aromatic rings. The fraction of sp³-hybridized carbons (Fsp3) is 0.455. The van der Waals surface area contributed by atoms with Gasteiger partial charge in [-0.1, -0.05) is 6.92 Å². The van der Waals surface area contributed by atoms with E-state index in [1.54, 1.807) is 18.1 Å².